The highest BCUT2D eigenvalue weighted by atomic mass is 15.3. The summed E-state index contributed by atoms with van der Waals surface area (Å²) >= 11 is 0. The van der Waals surface area contributed by atoms with Gasteiger partial charge in [-0.3, -0.25) is 4.68 Å². The van der Waals surface area contributed by atoms with E-state index in [0.29, 0.717) is 5.92 Å². The van der Waals surface area contributed by atoms with Crippen LogP contribution >= 0.6 is 0 Å². The third-order valence-corrected chi connectivity index (χ3v) is 3.14. The van der Waals surface area contributed by atoms with Gasteiger partial charge in [-0.25, -0.2) is 0 Å². The fourth-order valence-corrected chi connectivity index (χ4v) is 2.33. The van der Waals surface area contributed by atoms with Gasteiger partial charge in [0.2, 0.25) is 0 Å². The highest BCUT2D eigenvalue weighted by Crippen LogP contribution is 2.18. The largest absolute Gasteiger partial charge is 0.394 e. The molecule has 0 spiro atoms. The highest BCUT2D eigenvalue weighted by molar-refractivity contribution is 5.59. The van der Waals surface area contributed by atoms with E-state index in [1.165, 1.54) is 25.9 Å². The number of hydrogen-bond acceptors (Lipinski definition) is 4. The first-order valence-electron chi connectivity index (χ1n) is 5.86. The summed E-state index contributed by atoms with van der Waals surface area (Å²) in [6.07, 6.45) is 4.42. The monoisotopic (exact) mass is 223 g/mol. The van der Waals surface area contributed by atoms with Crippen LogP contribution < -0.4 is 11.1 Å². The van der Waals surface area contributed by atoms with Crippen LogP contribution in [0.3, 0.4) is 0 Å². The maximum atomic E-state index is 5.83. The van der Waals surface area contributed by atoms with Gasteiger partial charge >= 0.3 is 0 Å². The molecule has 1 aliphatic rings. The van der Waals surface area contributed by atoms with Crippen molar-refractivity contribution < 1.29 is 0 Å². The Balaban J connectivity index is 1.85. The molecule has 1 aromatic rings. The Hall–Kier alpha value is -1.23. The van der Waals surface area contributed by atoms with Crippen LogP contribution in [0.15, 0.2) is 6.20 Å². The van der Waals surface area contributed by atoms with Crippen molar-refractivity contribution in [2.75, 3.05) is 37.7 Å². The summed E-state index contributed by atoms with van der Waals surface area (Å²) in [5.41, 5.74) is 6.56. The summed E-state index contributed by atoms with van der Waals surface area (Å²) in [5.74, 6) is 1.52. The van der Waals surface area contributed by atoms with Gasteiger partial charge in [0.25, 0.3) is 0 Å². The van der Waals surface area contributed by atoms with Crippen molar-refractivity contribution >= 4 is 11.5 Å². The Morgan fingerprint density at radius 2 is 2.38 bits per heavy atom. The number of rotatable bonds is 3. The standard InChI is InChI=1S/C11H21N5/c1-15-5-3-4-9(7-15)6-13-11-10(12)8-16(2)14-11/h8-9H,3-7,12H2,1-2H3,(H,13,14). The van der Waals surface area contributed by atoms with Gasteiger partial charge in [0, 0.05) is 26.3 Å². The third-order valence-electron chi connectivity index (χ3n) is 3.14. The van der Waals surface area contributed by atoms with Gasteiger partial charge in [0.15, 0.2) is 5.82 Å². The molecule has 0 radical (unpaired) electrons. The van der Waals surface area contributed by atoms with Crippen LogP contribution in [-0.4, -0.2) is 41.4 Å². The molecule has 0 aliphatic carbocycles. The van der Waals surface area contributed by atoms with Crippen molar-refractivity contribution in [1.82, 2.24) is 14.7 Å². The summed E-state index contributed by atoms with van der Waals surface area (Å²) in [7, 11) is 4.07. The van der Waals surface area contributed by atoms with Crippen molar-refractivity contribution in [1.29, 1.82) is 0 Å². The van der Waals surface area contributed by atoms with E-state index in [9.17, 15) is 0 Å². The average molecular weight is 223 g/mol. The van der Waals surface area contributed by atoms with Crippen LogP contribution in [0.4, 0.5) is 11.5 Å². The predicted molar refractivity (Wildman–Crippen MR) is 66.3 cm³/mol. The second-order valence-corrected chi connectivity index (χ2v) is 4.76. The zero-order chi connectivity index (χ0) is 11.5. The fourth-order valence-electron chi connectivity index (χ4n) is 2.33. The van der Waals surface area contributed by atoms with E-state index in [1.807, 2.05) is 13.2 Å². The number of hydrogen-bond donors (Lipinski definition) is 2. The Kier molecular flexibility index (Phi) is 3.33. The number of aryl methyl sites for hydroxylation is 1. The van der Waals surface area contributed by atoms with Crippen LogP contribution in [0.2, 0.25) is 0 Å². The molecule has 1 aliphatic heterocycles. The minimum atomic E-state index is 0.708. The summed E-state index contributed by atoms with van der Waals surface area (Å²) in [6.45, 7) is 3.35. The molecule has 0 aromatic carbocycles. The second-order valence-electron chi connectivity index (χ2n) is 4.76. The third kappa shape index (κ3) is 2.66. The molecule has 1 atom stereocenters. The van der Waals surface area contributed by atoms with E-state index < -0.39 is 0 Å². The van der Waals surface area contributed by atoms with Crippen molar-refractivity contribution in [2.45, 2.75) is 12.8 Å². The number of anilines is 2. The first-order chi connectivity index (χ1) is 7.65. The quantitative estimate of drug-likeness (QED) is 0.794. The lowest BCUT2D eigenvalue weighted by Gasteiger charge is -2.29. The lowest BCUT2D eigenvalue weighted by Crippen LogP contribution is -2.35. The summed E-state index contributed by atoms with van der Waals surface area (Å²) in [4.78, 5) is 2.39. The molecular weight excluding hydrogens is 202 g/mol. The summed E-state index contributed by atoms with van der Waals surface area (Å²) < 4.78 is 1.74. The number of nitrogens with one attached hydrogen (secondary N) is 1. The minimum absolute atomic E-state index is 0.708. The molecule has 0 saturated carbocycles. The normalized spacial score (nSPS) is 22.2. The molecule has 1 unspecified atom stereocenters. The Morgan fingerprint density at radius 3 is 3.00 bits per heavy atom. The second kappa shape index (κ2) is 4.74. The van der Waals surface area contributed by atoms with Crippen LogP contribution in [0, 0.1) is 5.92 Å². The first kappa shape index (κ1) is 11.3. The van der Waals surface area contributed by atoms with E-state index in [-0.39, 0.29) is 0 Å². The van der Waals surface area contributed by atoms with Crippen molar-refractivity contribution in [3.05, 3.63) is 6.20 Å². The van der Waals surface area contributed by atoms with Crippen LogP contribution in [0.25, 0.3) is 0 Å². The fraction of sp³-hybridized carbons (Fsp3) is 0.727. The maximum absolute atomic E-state index is 5.83. The molecule has 0 amide bonds. The van der Waals surface area contributed by atoms with E-state index in [0.717, 1.165) is 18.1 Å². The maximum Gasteiger partial charge on any atom is 0.171 e. The van der Waals surface area contributed by atoms with Crippen LogP contribution in [-0.2, 0) is 7.05 Å². The Bertz CT molecular complexity index is 346. The summed E-state index contributed by atoms with van der Waals surface area (Å²) in [5, 5.41) is 7.62. The lowest BCUT2D eigenvalue weighted by molar-refractivity contribution is 0.217. The molecule has 16 heavy (non-hydrogen) atoms. The van der Waals surface area contributed by atoms with E-state index in [1.54, 1.807) is 4.68 Å². The molecule has 0 bridgehead atoms. The van der Waals surface area contributed by atoms with E-state index in [2.05, 4.69) is 22.4 Å². The average Bonchev–Trinajstić information content (AvgIpc) is 2.54. The number of piperidine rings is 1. The van der Waals surface area contributed by atoms with Gasteiger partial charge in [0.1, 0.15) is 0 Å². The zero-order valence-corrected chi connectivity index (χ0v) is 10.1. The van der Waals surface area contributed by atoms with E-state index >= 15 is 0 Å². The molecule has 2 rings (SSSR count). The number of nitrogens with two attached hydrogens (primary N) is 1. The SMILES string of the molecule is CN1CCCC(CNc2nn(C)cc2N)C1. The van der Waals surface area contributed by atoms with Gasteiger partial charge < -0.3 is 16.0 Å². The van der Waals surface area contributed by atoms with Gasteiger partial charge in [-0.2, -0.15) is 5.10 Å². The molecule has 1 fully saturated rings. The Labute approximate surface area is 96.6 Å². The lowest BCUT2D eigenvalue weighted by atomic mass is 9.98. The smallest absolute Gasteiger partial charge is 0.171 e. The van der Waals surface area contributed by atoms with E-state index in [4.69, 9.17) is 5.73 Å². The zero-order valence-electron chi connectivity index (χ0n) is 10.1. The van der Waals surface area contributed by atoms with Crippen molar-refractivity contribution in [3.8, 4) is 0 Å². The van der Waals surface area contributed by atoms with Crippen LogP contribution in [0.1, 0.15) is 12.8 Å². The predicted octanol–water partition coefficient (Wildman–Crippen LogP) is 0.756. The first-order valence-corrected chi connectivity index (χ1v) is 5.86. The number of nitrogen functional groups attached to an aromatic ring is 1. The highest BCUT2D eigenvalue weighted by Gasteiger charge is 2.17. The van der Waals surface area contributed by atoms with Gasteiger partial charge in [-0.05, 0) is 32.4 Å². The minimum Gasteiger partial charge on any atom is -0.394 e. The van der Waals surface area contributed by atoms with Crippen molar-refractivity contribution in [2.24, 2.45) is 13.0 Å². The van der Waals surface area contributed by atoms with Gasteiger partial charge in [-0.1, -0.05) is 0 Å². The summed E-state index contributed by atoms with van der Waals surface area (Å²) in [6, 6.07) is 0. The van der Waals surface area contributed by atoms with Gasteiger partial charge in [-0.15, -0.1) is 0 Å². The van der Waals surface area contributed by atoms with Gasteiger partial charge in [0.05, 0.1) is 5.69 Å². The number of nitrogens with zero attached hydrogens (tertiary/aromatic N) is 3. The molecule has 5 nitrogen and oxygen atoms in total. The molecule has 3 N–H and O–H groups in total. The van der Waals surface area contributed by atoms with Crippen molar-refractivity contribution in [3.63, 3.8) is 0 Å². The molecule has 1 aromatic heterocycles. The number of aromatic nitrogens is 2. The molecule has 2 heterocycles. The molecule has 90 valence electrons. The molecule has 1 saturated heterocycles. The Morgan fingerprint density at radius 1 is 1.56 bits per heavy atom. The molecule has 5 heteroatoms. The molecular formula is C11H21N5. The number of likely N-dealkylation sites (tertiary alicyclic amines) is 1. The topological polar surface area (TPSA) is 59.1 Å². The van der Waals surface area contributed by atoms with Crippen LogP contribution in [0.5, 0.6) is 0 Å².